The normalized spacial score (nSPS) is 14.6. The molecule has 0 aliphatic rings. The Bertz CT molecular complexity index is 2130. The van der Waals surface area contributed by atoms with Crippen molar-refractivity contribution in [3.05, 3.63) is 0 Å². The van der Waals surface area contributed by atoms with Gasteiger partial charge in [0.1, 0.15) is 42.3 Å². The van der Waals surface area contributed by atoms with Crippen LogP contribution >= 0.6 is 0 Å². The predicted octanol–water partition coefficient (Wildman–Crippen LogP) is -6.22. The van der Waals surface area contributed by atoms with Crippen molar-refractivity contribution in [1.29, 1.82) is 0 Å². The highest BCUT2D eigenvalue weighted by molar-refractivity contribution is 5.98. The summed E-state index contributed by atoms with van der Waals surface area (Å²) in [6.45, 7) is 6.74. The second-order valence-corrected chi connectivity index (χ2v) is 18.8. The number of carbonyl (C=O) groups excluding carboxylic acids is 9. The van der Waals surface area contributed by atoms with Gasteiger partial charge < -0.3 is 98.0 Å². The number of hydrogen-bond donors (Lipinski definition) is 18. The Kier molecular flexibility index (Phi) is 34.8. The molecule has 0 unspecified atom stereocenters. The number of nitrogens with zero attached hydrogens (tertiary/aromatic N) is 3. The third-order valence-electron chi connectivity index (χ3n) is 12.1. The maximum absolute atomic E-state index is 14.3. The molecule has 0 spiro atoms. The minimum atomic E-state index is -1.79. The number of aliphatic hydroxyl groups is 1. The number of rotatable bonds is 41. The third kappa shape index (κ3) is 30.6. The quantitative estimate of drug-likeness (QED) is 0.0154. The molecular weight excluding hydrogens is 1040 g/mol. The predicted molar refractivity (Wildman–Crippen MR) is 289 cm³/mol. The van der Waals surface area contributed by atoms with E-state index in [2.05, 4.69) is 57.5 Å². The van der Waals surface area contributed by atoms with Gasteiger partial charge >= 0.3 is 11.9 Å². The number of carboxylic acid groups (broad SMARTS) is 2. The van der Waals surface area contributed by atoms with E-state index in [1.807, 2.05) is 0 Å². The van der Waals surface area contributed by atoms with Crippen LogP contribution in [0.15, 0.2) is 15.0 Å². The second kappa shape index (κ2) is 38.6. The first-order chi connectivity index (χ1) is 37.1. The summed E-state index contributed by atoms with van der Waals surface area (Å²) >= 11 is 0. The summed E-state index contributed by atoms with van der Waals surface area (Å²) in [5.41, 5.74) is 38.3. The number of hydrogen-bond acceptors (Lipinski definition) is 16. The molecule has 79 heavy (non-hydrogen) atoms. The van der Waals surface area contributed by atoms with Gasteiger partial charge in [0.15, 0.2) is 23.7 Å². The lowest BCUT2D eigenvalue weighted by atomic mass is 9.95. The average molecular weight is 1130 g/mol. The van der Waals surface area contributed by atoms with Gasteiger partial charge in [-0.05, 0) is 90.5 Å². The highest BCUT2D eigenvalue weighted by Crippen LogP contribution is 2.12. The van der Waals surface area contributed by atoms with Gasteiger partial charge in [-0.3, -0.25) is 67.7 Å². The molecule has 8 amide bonds. The molecule has 0 heterocycles. The SMILES string of the molecule is CC[C@H](C)[C@H](NC(=O)[C@H](CC(=O)O)NC(=O)[C@H](C)NC(=O)[C@H](CO)NC(=O)[C@H](CCCN=C(N)N)NC(=O)[C@H](CCCN=C(N)N)NC(=O)[C@H](CCCCN)NC(=O)[C@H](CCC(=O)O)NC(=O)[C@@H](C)CCCN=C(N)N)C(C)=O. The van der Waals surface area contributed by atoms with Crippen LogP contribution in [-0.4, -0.2) is 179 Å². The number of aliphatic imine (C=N–C) groups is 3. The Balaban J connectivity index is 6.76. The average Bonchev–Trinajstić information content (AvgIpc) is 3.37. The fourth-order valence-electron chi connectivity index (χ4n) is 7.37. The number of nitrogens with two attached hydrogens (primary N) is 7. The highest BCUT2D eigenvalue weighted by atomic mass is 16.4. The molecular formula is C47H86N18O14. The van der Waals surface area contributed by atoms with Crippen LogP contribution in [0.25, 0.3) is 0 Å². The summed E-state index contributed by atoms with van der Waals surface area (Å²) in [4.78, 5) is 156. The van der Waals surface area contributed by atoms with Crippen LogP contribution in [0.5, 0.6) is 0 Å². The number of carboxylic acids is 2. The van der Waals surface area contributed by atoms with E-state index in [1.54, 1.807) is 20.8 Å². The number of carbonyl (C=O) groups is 11. The summed E-state index contributed by atoms with van der Waals surface area (Å²) in [5.74, 6) is -12.5. The summed E-state index contributed by atoms with van der Waals surface area (Å²) in [5, 5.41) is 48.7. The number of aliphatic hydroxyl groups excluding tert-OH is 1. The minimum absolute atomic E-state index is 0.0333. The molecule has 0 saturated carbocycles. The van der Waals surface area contributed by atoms with Gasteiger partial charge in [-0.1, -0.05) is 27.2 Å². The van der Waals surface area contributed by atoms with E-state index in [0.717, 1.165) is 6.92 Å². The summed E-state index contributed by atoms with van der Waals surface area (Å²) < 4.78 is 0. The standard InChI is InChI=1S/C47H86N18O14/c1-6-24(2)36(27(5)67)65-43(78)32(22-35(70)71)63-38(73)26(4)58-44(79)33(23-66)64-41(76)30(15-11-21-57-47(53)54)62-40(75)29(14-10-20-56-46(51)52)61-39(74)28(13-7-8-18-48)60-42(77)31(16-17-34(68)69)59-37(72)25(3)12-9-19-55-45(49)50/h24-26,28-33,36,66H,6-23,48H2,1-5H3,(H,58,79)(H,59,72)(H,60,77)(H,61,74)(H,62,75)(H,63,73)(H,64,76)(H,65,78)(H,68,69)(H,70,71)(H4,49,50,55)(H4,51,52,56)(H4,53,54,57)/t24-,25-,26-,28-,29-,30-,31-,32-,33-,36-/m0/s1. The smallest absolute Gasteiger partial charge is 0.305 e. The van der Waals surface area contributed by atoms with Gasteiger partial charge in [0.25, 0.3) is 0 Å². The molecule has 0 saturated heterocycles. The van der Waals surface area contributed by atoms with Crippen LogP contribution in [0.2, 0.25) is 0 Å². The molecule has 0 aliphatic heterocycles. The fraction of sp³-hybridized carbons (Fsp3) is 0.702. The van der Waals surface area contributed by atoms with Crippen LogP contribution in [0.1, 0.15) is 118 Å². The van der Waals surface area contributed by atoms with E-state index in [4.69, 9.17) is 40.1 Å². The Morgan fingerprint density at radius 2 is 0.835 bits per heavy atom. The Morgan fingerprint density at radius 3 is 1.23 bits per heavy atom. The molecule has 10 atom stereocenters. The lowest BCUT2D eigenvalue weighted by Crippen LogP contribution is -2.60. The van der Waals surface area contributed by atoms with Crippen molar-refractivity contribution in [1.82, 2.24) is 42.5 Å². The zero-order chi connectivity index (χ0) is 60.4. The number of ketones is 1. The molecule has 0 aromatic heterocycles. The lowest BCUT2D eigenvalue weighted by molar-refractivity contribution is -0.141. The molecule has 0 fully saturated rings. The first kappa shape index (κ1) is 71.1. The van der Waals surface area contributed by atoms with E-state index in [9.17, 15) is 68.1 Å². The van der Waals surface area contributed by atoms with Crippen molar-refractivity contribution >= 4 is 82.9 Å². The van der Waals surface area contributed by atoms with E-state index in [-0.39, 0.29) is 94.9 Å². The number of nitrogens with one attached hydrogen (secondary N) is 8. The van der Waals surface area contributed by atoms with E-state index in [1.165, 1.54) is 6.92 Å². The van der Waals surface area contributed by atoms with Crippen LogP contribution < -0.4 is 82.7 Å². The molecule has 0 bridgehead atoms. The van der Waals surface area contributed by atoms with Gasteiger partial charge in [0.2, 0.25) is 47.3 Å². The van der Waals surface area contributed by atoms with Crippen LogP contribution in [0.4, 0.5) is 0 Å². The minimum Gasteiger partial charge on any atom is -0.481 e. The number of Topliss-reactive ketones (excluding diaryl/α,β-unsaturated/α-hetero) is 1. The Morgan fingerprint density at radius 1 is 0.456 bits per heavy atom. The van der Waals surface area contributed by atoms with Crippen molar-refractivity contribution in [2.24, 2.45) is 66.9 Å². The topological polar surface area (TPSA) is 564 Å². The van der Waals surface area contributed by atoms with Crippen molar-refractivity contribution in [2.45, 2.75) is 166 Å². The van der Waals surface area contributed by atoms with Gasteiger partial charge in [0, 0.05) is 32.0 Å². The van der Waals surface area contributed by atoms with Gasteiger partial charge in [-0.2, -0.15) is 0 Å². The highest BCUT2D eigenvalue weighted by Gasteiger charge is 2.35. The molecule has 0 aliphatic carbocycles. The molecule has 32 nitrogen and oxygen atoms in total. The number of aliphatic carboxylic acids is 2. The number of guanidine groups is 3. The van der Waals surface area contributed by atoms with Crippen LogP contribution in [0, 0.1) is 11.8 Å². The van der Waals surface area contributed by atoms with Crippen molar-refractivity contribution in [3.63, 3.8) is 0 Å². The van der Waals surface area contributed by atoms with E-state index >= 15 is 0 Å². The molecule has 0 rings (SSSR count). The van der Waals surface area contributed by atoms with E-state index < -0.39 is 139 Å². The zero-order valence-electron chi connectivity index (χ0n) is 45.7. The van der Waals surface area contributed by atoms with Crippen molar-refractivity contribution < 1.29 is 68.1 Å². The van der Waals surface area contributed by atoms with E-state index in [0.29, 0.717) is 25.7 Å². The summed E-state index contributed by atoms with van der Waals surface area (Å²) in [6.07, 6.45) is -0.285. The molecule has 448 valence electrons. The first-order valence-electron chi connectivity index (χ1n) is 25.9. The molecule has 0 radical (unpaired) electrons. The monoisotopic (exact) mass is 1130 g/mol. The summed E-state index contributed by atoms with van der Waals surface area (Å²) in [6, 6.07) is -11.8. The Labute approximate surface area is 458 Å². The lowest BCUT2D eigenvalue weighted by Gasteiger charge is -2.27. The molecule has 25 N–H and O–H groups in total. The maximum Gasteiger partial charge on any atom is 0.305 e. The zero-order valence-corrected chi connectivity index (χ0v) is 45.7. The molecule has 32 heteroatoms. The number of amides is 8. The number of unbranched alkanes of at least 4 members (excludes halogenated alkanes) is 1. The molecule has 0 aromatic rings. The summed E-state index contributed by atoms with van der Waals surface area (Å²) in [7, 11) is 0. The molecule has 0 aromatic carbocycles. The van der Waals surface area contributed by atoms with Crippen LogP contribution in [0.3, 0.4) is 0 Å². The Hall–Kier alpha value is -7.90. The maximum atomic E-state index is 14.3. The van der Waals surface area contributed by atoms with Crippen molar-refractivity contribution in [2.75, 3.05) is 32.8 Å². The van der Waals surface area contributed by atoms with Crippen molar-refractivity contribution in [3.8, 4) is 0 Å². The van der Waals surface area contributed by atoms with Gasteiger partial charge in [-0.15, -0.1) is 0 Å². The third-order valence-corrected chi connectivity index (χ3v) is 12.1. The van der Waals surface area contributed by atoms with Gasteiger partial charge in [-0.25, -0.2) is 0 Å². The first-order valence-corrected chi connectivity index (χ1v) is 25.9. The largest absolute Gasteiger partial charge is 0.481 e. The van der Waals surface area contributed by atoms with Gasteiger partial charge in [0.05, 0.1) is 19.1 Å². The fourth-order valence-corrected chi connectivity index (χ4v) is 7.37. The second-order valence-electron chi connectivity index (χ2n) is 18.8. The van der Waals surface area contributed by atoms with Crippen LogP contribution in [-0.2, 0) is 52.7 Å².